The molecule has 1 saturated heterocycles. The van der Waals surface area contributed by atoms with Gasteiger partial charge in [0.25, 0.3) is 0 Å². The number of ketones is 1. The normalized spacial score (nSPS) is 22.7. The van der Waals surface area contributed by atoms with Crippen LogP contribution in [0.5, 0.6) is 0 Å². The van der Waals surface area contributed by atoms with Crippen molar-refractivity contribution in [2.75, 3.05) is 6.61 Å². The molecule has 0 aromatic carbocycles. The van der Waals surface area contributed by atoms with Gasteiger partial charge in [0.1, 0.15) is 6.10 Å². The third-order valence-corrected chi connectivity index (χ3v) is 3.06. The van der Waals surface area contributed by atoms with Crippen LogP contribution in [0.3, 0.4) is 0 Å². The number of carbonyl (C=O) groups is 1. The maximum atomic E-state index is 12.1. The third kappa shape index (κ3) is 2.47. The van der Waals surface area contributed by atoms with Crippen molar-refractivity contribution in [1.29, 1.82) is 0 Å². The number of nitrogens with zero attached hydrogens (tertiary/aromatic N) is 1. The Morgan fingerprint density at radius 1 is 1.50 bits per heavy atom. The molecular weight excluding hydrogens is 202 g/mol. The van der Waals surface area contributed by atoms with Crippen molar-refractivity contribution in [3.63, 3.8) is 0 Å². The highest BCUT2D eigenvalue weighted by atomic mass is 16.5. The monoisotopic (exact) mass is 219 g/mol. The number of hydrogen-bond acceptors (Lipinski definition) is 3. The van der Waals surface area contributed by atoms with E-state index in [0.717, 1.165) is 25.0 Å². The molecule has 2 unspecified atom stereocenters. The number of aromatic nitrogens is 1. The molecule has 1 aliphatic heterocycles. The second-order valence-electron chi connectivity index (χ2n) is 4.23. The number of rotatable bonds is 3. The summed E-state index contributed by atoms with van der Waals surface area (Å²) in [5.74, 6) is 0.00250. The van der Waals surface area contributed by atoms with Crippen LogP contribution in [0, 0.1) is 0 Å². The molecule has 0 bridgehead atoms. The highest BCUT2D eigenvalue weighted by Gasteiger charge is 2.27. The minimum absolute atomic E-state index is 0.163. The van der Waals surface area contributed by atoms with Crippen LogP contribution in [0.15, 0.2) is 24.4 Å². The summed E-state index contributed by atoms with van der Waals surface area (Å²) in [5, 5.41) is 0. The minimum atomic E-state index is -0.217. The average molecular weight is 219 g/mol. The van der Waals surface area contributed by atoms with Gasteiger partial charge in [-0.25, -0.2) is 0 Å². The summed E-state index contributed by atoms with van der Waals surface area (Å²) in [6.45, 7) is 2.62. The first kappa shape index (κ1) is 11.3. The fraction of sp³-hybridized carbons (Fsp3) is 0.538. The summed E-state index contributed by atoms with van der Waals surface area (Å²) in [6, 6.07) is 5.66. The van der Waals surface area contributed by atoms with Crippen molar-refractivity contribution >= 4 is 5.78 Å². The molecule has 1 aliphatic rings. The summed E-state index contributed by atoms with van der Waals surface area (Å²) in [4.78, 5) is 16.4. The molecule has 2 heterocycles. The molecule has 0 saturated carbocycles. The molecule has 0 N–H and O–H groups in total. The smallest absolute Gasteiger partial charge is 0.170 e. The van der Waals surface area contributed by atoms with Crippen LogP contribution in [-0.4, -0.2) is 23.5 Å². The lowest BCUT2D eigenvalue weighted by Gasteiger charge is -2.23. The SMILES string of the molecule is CC(C(=O)C1CCCCO1)c1ccccn1. The Morgan fingerprint density at radius 2 is 2.38 bits per heavy atom. The standard InChI is InChI=1S/C13H17NO2/c1-10(11-6-2-4-8-14-11)13(15)12-7-3-5-9-16-12/h2,4,6,8,10,12H,3,5,7,9H2,1H3. The molecule has 3 heteroatoms. The zero-order valence-corrected chi connectivity index (χ0v) is 9.56. The summed E-state index contributed by atoms with van der Waals surface area (Å²) in [5.41, 5.74) is 0.835. The molecule has 1 aromatic heterocycles. The third-order valence-electron chi connectivity index (χ3n) is 3.06. The average Bonchev–Trinajstić information content (AvgIpc) is 2.39. The summed E-state index contributed by atoms with van der Waals surface area (Å²) in [6.07, 6.45) is 4.52. The fourth-order valence-electron chi connectivity index (χ4n) is 2.02. The van der Waals surface area contributed by atoms with Gasteiger partial charge >= 0.3 is 0 Å². The van der Waals surface area contributed by atoms with Crippen LogP contribution in [0.25, 0.3) is 0 Å². The molecule has 0 radical (unpaired) electrons. The predicted octanol–water partition coefficient (Wildman–Crippen LogP) is 2.32. The van der Waals surface area contributed by atoms with Crippen molar-refractivity contribution in [3.8, 4) is 0 Å². The summed E-state index contributed by atoms with van der Waals surface area (Å²) in [7, 11) is 0. The Morgan fingerprint density at radius 3 is 3.00 bits per heavy atom. The van der Waals surface area contributed by atoms with Gasteiger partial charge in [-0.3, -0.25) is 9.78 Å². The van der Waals surface area contributed by atoms with Crippen molar-refractivity contribution in [2.24, 2.45) is 0 Å². The Balaban J connectivity index is 2.04. The summed E-state index contributed by atoms with van der Waals surface area (Å²) < 4.78 is 5.51. The van der Waals surface area contributed by atoms with Gasteiger partial charge in [0, 0.05) is 12.8 Å². The van der Waals surface area contributed by atoms with E-state index in [1.54, 1.807) is 6.20 Å². The largest absolute Gasteiger partial charge is 0.370 e. The van der Waals surface area contributed by atoms with Crippen molar-refractivity contribution in [2.45, 2.75) is 38.2 Å². The van der Waals surface area contributed by atoms with E-state index in [9.17, 15) is 4.79 Å². The van der Waals surface area contributed by atoms with Gasteiger partial charge in [0.15, 0.2) is 5.78 Å². The van der Waals surface area contributed by atoms with E-state index >= 15 is 0 Å². The number of Topliss-reactive ketones (excluding diaryl/α,β-unsaturated/α-hetero) is 1. The highest BCUT2D eigenvalue weighted by Crippen LogP contribution is 2.21. The van der Waals surface area contributed by atoms with Crippen LogP contribution in [-0.2, 0) is 9.53 Å². The van der Waals surface area contributed by atoms with E-state index in [1.165, 1.54) is 0 Å². The number of pyridine rings is 1. The Hall–Kier alpha value is -1.22. The molecule has 2 rings (SSSR count). The maximum absolute atomic E-state index is 12.1. The molecule has 1 fully saturated rings. The quantitative estimate of drug-likeness (QED) is 0.783. The molecule has 16 heavy (non-hydrogen) atoms. The first-order chi connectivity index (χ1) is 7.79. The molecular formula is C13H17NO2. The van der Waals surface area contributed by atoms with Gasteiger partial charge in [0.05, 0.1) is 11.6 Å². The van der Waals surface area contributed by atoms with E-state index in [4.69, 9.17) is 4.74 Å². The Labute approximate surface area is 95.8 Å². The lowest BCUT2D eigenvalue weighted by atomic mass is 9.94. The zero-order chi connectivity index (χ0) is 11.4. The van der Waals surface area contributed by atoms with Crippen LogP contribution >= 0.6 is 0 Å². The van der Waals surface area contributed by atoms with Crippen LogP contribution in [0.2, 0.25) is 0 Å². The van der Waals surface area contributed by atoms with Gasteiger partial charge in [-0.15, -0.1) is 0 Å². The van der Waals surface area contributed by atoms with Gasteiger partial charge in [0.2, 0.25) is 0 Å². The van der Waals surface area contributed by atoms with E-state index in [2.05, 4.69) is 4.98 Å². The minimum Gasteiger partial charge on any atom is -0.370 e. The van der Waals surface area contributed by atoms with Gasteiger partial charge < -0.3 is 4.74 Å². The van der Waals surface area contributed by atoms with Crippen molar-refractivity contribution < 1.29 is 9.53 Å². The fourth-order valence-corrected chi connectivity index (χ4v) is 2.02. The Bertz CT molecular complexity index is 344. The molecule has 2 atom stereocenters. The second kappa shape index (κ2) is 5.21. The molecule has 0 spiro atoms. The molecule has 1 aromatic rings. The van der Waals surface area contributed by atoms with Gasteiger partial charge in [-0.05, 0) is 38.3 Å². The predicted molar refractivity (Wildman–Crippen MR) is 61.3 cm³/mol. The summed E-state index contributed by atoms with van der Waals surface area (Å²) >= 11 is 0. The Kier molecular flexibility index (Phi) is 3.67. The molecule has 0 aliphatic carbocycles. The topological polar surface area (TPSA) is 39.2 Å². The maximum Gasteiger partial charge on any atom is 0.170 e. The molecule has 3 nitrogen and oxygen atoms in total. The second-order valence-corrected chi connectivity index (χ2v) is 4.23. The highest BCUT2D eigenvalue weighted by molar-refractivity contribution is 5.89. The molecule has 0 amide bonds. The lowest BCUT2D eigenvalue weighted by molar-refractivity contribution is -0.134. The zero-order valence-electron chi connectivity index (χ0n) is 9.56. The van der Waals surface area contributed by atoms with Crippen molar-refractivity contribution in [1.82, 2.24) is 4.98 Å². The van der Waals surface area contributed by atoms with E-state index in [1.807, 2.05) is 25.1 Å². The first-order valence-corrected chi connectivity index (χ1v) is 5.85. The van der Waals surface area contributed by atoms with Gasteiger partial charge in [-0.2, -0.15) is 0 Å². The first-order valence-electron chi connectivity index (χ1n) is 5.85. The van der Waals surface area contributed by atoms with Crippen LogP contribution in [0.1, 0.15) is 37.8 Å². The number of hydrogen-bond donors (Lipinski definition) is 0. The number of ether oxygens (including phenoxy) is 1. The van der Waals surface area contributed by atoms with Crippen LogP contribution in [0.4, 0.5) is 0 Å². The van der Waals surface area contributed by atoms with E-state index in [0.29, 0.717) is 6.61 Å². The lowest BCUT2D eigenvalue weighted by Crippen LogP contribution is -2.31. The molecule has 86 valence electrons. The van der Waals surface area contributed by atoms with Crippen LogP contribution < -0.4 is 0 Å². The number of carbonyl (C=O) groups excluding carboxylic acids is 1. The van der Waals surface area contributed by atoms with Gasteiger partial charge in [-0.1, -0.05) is 6.07 Å². The van der Waals surface area contributed by atoms with Crippen molar-refractivity contribution in [3.05, 3.63) is 30.1 Å². The van der Waals surface area contributed by atoms with E-state index < -0.39 is 0 Å². The van der Waals surface area contributed by atoms with E-state index in [-0.39, 0.29) is 17.8 Å².